The maximum atomic E-state index is 5.20. The third-order valence-corrected chi connectivity index (χ3v) is 4.84. The Morgan fingerprint density at radius 2 is 1.91 bits per heavy atom. The van der Waals surface area contributed by atoms with E-state index in [1.165, 1.54) is 22.3 Å². The summed E-state index contributed by atoms with van der Waals surface area (Å²) in [6.45, 7) is 10.2. The summed E-state index contributed by atoms with van der Waals surface area (Å²) in [5.74, 6) is 0. The Morgan fingerprint density at radius 3 is 2.45 bits per heavy atom. The van der Waals surface area contributed by atoms with Crippen LogP contribution in [0.2, 0.25) is 0 Å². The van der Waals surface area contributed by atoms with Crippen LogP contribution in [0.4, 0.5) is 0 Å². The van der Waals surface area contributed by atoms with Crippen molar-refractivity contribution in [3.05, 3.63) is 76.3 Å². The highest BCUT2D eigenvalue weighted by Crippen LogP contribution is 2.33. The SMILES string of the molecule is C=C(C)/C(=C\C1=CC=C(c2ccc(CC)cc2)C1)SC(C)=S. The predicted octanol–water partition coefficient (Wildman–Crippen LogP) is 6.50. The fraction of sp³-hybridized carbons (Fsp3) is 0.250. The molecule has 0 aliphatic heterocycles. The van der Waals surface area contributed by atoms with Crippen LogP contribution in [0.3, 0.4) is 0 Å². The quantitative estimate of drug-likeness (QED) is 0.447. The lowest BCUT2D eigenvalue weighted by Gasteiger charge is -2.08. The van der Waals surface area contributed by atoms with Crippen molar-refractivity contribution in [2.75, 3.05) is 0 Å². The van der Waals surface area contributed by atoms with Crippen molar-refractivity contribution in [1.29, 1.82) is 0 Å². The van der Waals surface area contributed by atoms with Crippen LogP contribution in [0.15, 0.2) is 65.1 Å². The zero-order chi connectivity index (χ0) is 16.1. The monoisotopic (exact) mass is 326 g/mol. The minimum Gasteiger partial charge on any atom is -0.0950 e. The summed E-state index contributed by atoms with van der Waals surface area (Å²) in [5.41, 5.74) is 6.45. The number of allylic oxidation sites excluding steroid dienone is 6. The predicted molar refractivity (Wildman–Crippen MR) is 105 cm³/mol. The summed E-state index contributed by atoms with van der Waals surface area (Å²) in [7, 11) is 0. The zero-order valence-electron chi connectivity index (χ0n) is 13.5. The van der Waals surface area contributed by atoms with Crippen LogP contribution in [0.1, 0.15) is 38.3 Å². The number of rotatable bonds is 5. The highest BCUT2D eigenvalue weighted by atomic mass is 32.2. The van der Waals surface area contributed by atoms with E-state index in [9.17, 15) is 0 Å². The lowest BCUT2D eigenvalue weighted by molar-refractivity contribution is 1.14. The fourth-order valence-electron chi connectivity index (χ4n) is 2.36. The molecule has 0 saturated carbocycles. The molecule has 0 atom stereocenters. The number of hydrogen-bond donors (Lipinski definition) is 0. The molecule has 0 aromatic heterocycles. The van der Waals surface area contributed by atoms with Gasteiger partial charge in [-0.2, -0.15) is 0 Å². The molecule has 0 bridgehead atoms. The summed E-state index contributed by atoms with van der Waals surface area (Å²) >= 11 is 6.83. The fourth-order valence-corrected chi connectivity index (χ4v) is 3.32. The first kappa shape index (κ1) is 17.0. The Hall–Kier alpha value is -1.38. The Balaban J connectivity index is 2.09. The van der Waals surface area contributed by atoms with Gasteiger partial charge in [-0.3, -0.25) is 0 Å². The average molecular weight is 327 g/mol. The summed E-state index contributed by atoms with van der Waals surface area (Å²) in [6.07, 6.45) is 8.69. The summed E-state index contributed by atoms with van der Waals surface area (Å²) in [4.78, 5) is 1.16. The topological polar surface area (TPSA) is 0 Å². The van der Waals surface area contributed by atoms with E-state index >= 15 is 0 Å². The normalized spacial score (nSPS) is 14.6. The van der Waals surface area contributed by atoms with Crippen molar-refractivity contribution in [2.45, 2.75) is 33.6 Å². The molecule has 0 fully saturated rings. The molecule has 1 aromatic rings. The molecule has 0 amide bonds. The molecule has 2 rings (SSSR count). The van der Waals surface area contributed by atoms with Crippen LogP contribution >= 0.6 is 24.0 Å². The van der Waals surface area contributed by atoms with Gasteiger partial charge in [-0.15, -0.1) is 0 Å². The number of thioether (sulfide) groups is 1. The van der Waals surface area contributed by atoms with Crippen LogP contribution in [-0.4, -0.2) is 4.20 Å². The van der Waals surface area contributed by atoms with Crippen LogP contribution in [-0.2, 0) is 6.42 Å². The van der Waals surface area contributed by atoms with Gasteiger partial charge in [-0.25, -0.2) is 0 Å². The highest BCUT2D eigenvalue weighted by Gasteiger charge is 2.11. The standard InChI is InChI=1S/C20H22S2/c1-5-16-6-9-18(10-7-16)19-11-8-17(12-19)13-20(14(2)3)22-15(4)21/h6-11,13H,2,5,12H2,1,3-4H3/b20-13+. The zero-order valence-corrected chi connectivity index (χ0v) is 15.1. The second kappa shape index (κ2) is 7.75. The van der Waals surface area contributed by atoms with Crippen molar-refractivity contribution in [2.24, 2.45) is 0 Å². The first-order valence-electron chi connectivity index (χ1n) is 7.54. The molecular formula is C20H22S2. The van der Waals surface area contributed by atoms with Crippen molar-refractivity contribution in [3.8, 4) is 0 Å². The van der Waals surface area contributed by atoms with Gasteiger partial charge in [0.1, 0.15) is 0 Å². The van der Waals surface area contributed by atoms with Gasteiger partial charge in [0.25, 0.3) is 0 Å². The van der Waals surface area contributed by atoms with Gasteiger partial charge in [-0.05, 0) is 60.6 Å². The second-order valence-corrected chi connectivity index (χ2v) is 7.67. The van der Waals surface area contributed by atoms with E-state index in [-0.39, 0.29) is 0 Å². The summed E-state index contributed by atoms with van der Waals surface area (Å²) in [6, 6.07) is 8.88. The van der Waals surface area contributed by atoms with E-state index in [2.05, 4.69) is 56.0 Å². The molecule has 114 valence electrons. The first-order valence-corrected chi connectivity index (χ1v) is 8.77. The lowest BCUT2D eigenvalue weighted by Crippen LogP contribution is -1.88. The van der Waals surface area contributed by atoms with E-state index in [0.717, 1.165) is 27.5 Å². The molecule has 0 spiro atoms. The van der Waals surface area contributed by atoms with Gasteiger partial charge in [0.05, 0.1) is 0 Å². The molecule has 0 nitrogen and oxygen atoms in total. The molecule has 22 heavy (non-hydrogen) atoms. The molecule has 1 aliphatic rings. The average Bonchev–Trinajstić information content (AvgIpc) is 2.94. The Kier molecular flexibility index (Phi) is 5.98. The molecule has 2 heteroatoms. The molecule has 0 N–H and O–H groups in total. The molecule has 0 unspecified atom stereocenters. The first-order chi connectivity index (χ1) is 10.5. The van der Waals surface area contributed by atoms with Crippen molar-refractivity contribution >= 4 is 33.7 Å². The molecule has 0 radical (unpaired) electrons. The Morgan fingerprint density at radius 1 is 1.23 bits per heavy atom. The molecule has 1 aliphatic carbocycles. The second-order valence-electron chi connectivity index (χ2n) is 5.54. The van der Waals surface area contributed by atoms with E-state index in [0.29, 0.717) is 0 Å². The molecule has 1 aromatic carbocycles. The highest BCUT2D eigenvalue weighted by molar-refractivity contribution is 8.25. The van der Waals surface area contributed by atoms with Crippen molar-refractivity contribution in [3.63, 3.8) is 0 Å². The number of hydrogen-bond acceptors (Lipinski definition) is 2. The largest absolute Gasteiger partial charge is 0.0950 e. The minimum atomic E-state index is 0.927. The van der Waals surface area contributed by atoms with E-state index < -0.39 is 0 Å². The number of thiocarbonyl (C=S) groups is 1. The van der Waals surface area contributed by atoms with E-state index in [1.807, 2.05) is 13.8 Å². The van der Waals surface area contributed by atoms with E-state index in [1.54, 1.807) is 11.8 Å². The lowest BCUT2D eigenvalue weighted by atomic mass is 10.0. The van der Waals surface area contributed by atoms with Gasteiger partial charge >= 0.3 is 0 Å². The van der Waals surface area contributed by atoms with Gasteiger partial charge < -0.3 is 0 Å². The van der Waals surface area contributed by atoms with Crippen molar-refractivity contribution in [1.82, 2.24) is 0 Å². The smallest absolute Gasteiger partial charge is 0.0496 e. The minimum absolute atomic E-state index is 0.927. The van der Waals surface area contributed by atoms with Gasteiger partial charge in [-0.1, -0.05) is 73.9 Å². The third kappa shape index (κ3) is 4.56. The van der Waals surface area contributed by atoms with Crippen molar-refractivity contribution < 1.29 is 0 Å². The van der Waals surface area contributed by atoms with Gasteiger partial charge in [0, 0.05) is 9.10 Å². The summed E-state index contributed by atoms with van der Waals surface area (Å²) in [5, 5.41) is 0. The van der Waals surface area contributed by atoms with Gasteiger partial charge in [0.2, 0.25) is 0 Å². The molecule has 0 heterocycles. The van der Waals surface area contributed by atoms with Crippen LogP contribution in [0, 0.1) is 0 Å². The summed E-state index contributed by atoms with van der Waals surface area (Å²) < 4.78 is 0.927. The number of aryl methyl sites for hydroxylation is 1. The van der Waals surface area contributed by atoms with Crippen LogP contribution < -0.4 is 0 Å². The molecule has 0 saturated heterocycles. The third-order valence-electron chi connectivity index (χ3n) is 3.62. The van der Waals surface area contributed by atoms with E-state index in [4.69, 9.17) is 12.2 Å². The number of benzene rings is 1. The maximum absolute atomic E-state index is 5.20. The maximum Gasteiger partial charge on any atom is 0.0496 e. The molecular weight excluding hydrogens is 304 g/mol. The van der Waals surface area contributed by atoms with Crippen LogP contribution in [0.5, 0.6) is 0 Å². The van der Waals surface area contributed by atoms with Crippen LogP contribution in [0.25, 0.3) is 5.57 Å². The Bertz CT molecular complexity index is 670. The van der Waals surface area contributed by atoms with Gasteiger partial charge in [0.15, 0.2) is 0 Å². The Labute approximate surface area is 143 Å².